The minimum absolute atomic E-state index is 0.0336. The summed E-state index contributed by atoms with van der Waals surface area (Å²) in [5.74, 6) is -0.562. The lowest BCUT2D eigenvalue weighted by Crippen LogP contribution is -2.13. The average Bonchev–Trinajstić information content (AvgIpc) is 3.00. The fourth-order valence-electron chi connectivity index (χ4n) is 2.06. The van der Waals surface area contributed by atoms with Crippen LogP contribution < -0.4 is 0 Å². The van der Waals surface area contributed by atoms with E-state index in [-0.39, 0.29) is 17.6 Å². The summed E-state index contributed by atoms with van der Waals surface area (Å²) in [5.41, 5.74) is 0.500. The van der Waals surface area contributed by atoms with Crippen molar-refractivity contribution in [3.8, 4) is 11.3 Å². The highest BCUT2D eigenvalue weighted by Gasteiger charge is 2.46. The number of hydrogen-bond acceptors (Lipinski definition) is 2. The zero-order valence-electron chi connectivity index (χ0n) is 9.58. The molecule has 1 aromatic heterocycles. The Labute approximate surface area is 102 Å². The molecule has 1 aliphatic carbocycles. The van der Waals surface area contributed by atoms with Gasteiger partial charge in [-0.25, -0.2) is 13.8 Å². The van der Waals surface area contributed by atoms with Crippen molar-refractivity contribution >= 4 is 0 Å². The fraction of sp³-hybridized carbons (Fsp3) is 0.308. The maximum Gasteiger partial charge on any atom is 0.135 e. The van der Waals surface area contributed by atoms with E-state index < -0.39 is 11.6 Å². The van der Waals surface area contributed by atoms with Crippen LogP contribution in [0, 0.1) is 11.6 Å². The van der Waals surface area contributed by atoms with Crippen molar-refractivity contribution in [2.75, 3.05) is 6.61 Å². The van der Waals surface area contributed by atoms with E-state index in [0.29, 0.717) is 11.5 Å². The zero-order chi connectivity index (χ0) is 12.8. The number of imidazole rings is 1. The maximum atomic E-state index is 13.6. The van der Waals surface area contributed by atoms with Gasteiger partial charge in [-0.05, 0) is 25.0 Å². The number of nitrogens with one attached hydrogen (secondary N) is 1. The van der Waals surface area contributed by atoms with Crippen molar-refractivity contribution in [3.05, 3.63) is 41.9 Å². The Bertz CT molecular complexity index is 590. The number of aromatic nitrogens is 2. The van der Waals surface area contributed by atoms with Gasteiger partial charge >= 0.3 is 0 Å². The topological polar surface area (TPSA) is 48.9 Å². The van der Waals surface area contributed by atoms with Crippen LogP contribution in [0.1, 0.15) is 18.7 Å². The molecule has 0 amide bonds. The lowest BCUT2D eigenvalue weighted by Gasteiger charge is -2.07. The van der Waals surface area contributed by atoms with Gasteiger partial charge in [0.1, 0.15) is 17.5 Å². The highest BCUT2D eigenvalue weighted by Crippen LogP contribution is 2.46. The lowest BCUT2D eigenvalue weighted by atomic mass is 10.1. The van der Waals surface area contributed by atoms with Crippen LogP contribution in [0.25, 0.3) is 11.3 Å². The van der Waals surface area contributed by atoms with Crippen LogP contribution in [0.15, 0.2) is 24.4 Å². The summed E-state index contributed by atoms with van der Waals surface area (Å²) in [6, 6.07) is 3.42. The lowest BCUT2D eigenvalue weighted by molar-refractivity contribution is 0.250. The van der Waals surface area contributed by atoms with Gasteiger partial charge in [0.2, 0.25) is 0 Å². The van der Waals surface area contributed by atoms with Gasteiger partial charge in [-0.3, -0.25) is 0 Å². The molecule has 0 aliphatic heterocycles. The van der Waals surface area contributed by atoms with E-state index in [0.717, 1.165) is 18.9 Å². The van der Waals surface area contributed by atoms with Gasteiger partial charge in [0.05, 0.1) is 23.9 Å². The summed E-state index contributed by atoms with van der Waals surface area (Å²) >= 11 is 0. The molecule has 1 aliphatic rings. The third kappa shape index (κ3) is 1.71. The van der Waals surface area contributed by atoms with Gasteiger partial charge in [0.25, 0.3) is 0 Å². The van der Waals surface area contributed by atoms with E-state index in [2.05, 4.69) is 9.97 Å². The molecule has 1 aromatic carbocycles. The van der Waals surface area contributed by atoms with E-state index >= 15 is 0 Å². The van der Waals surface area contributed by atoms with Crippen molar-refractivity contribution in [1.82, 2.24) is 9.97 Å². The molecule has 0 spiro atoms. The maximum absolute atomic E-state index is 13.6. The van der Waals surface area contributed by atoms with E-state index in [4.69, 9.17) is 0 Å². The van der Waals surface area contributed by atoms with Crippen LogP contribution in [-0.2, 0) is 5.41 Å². The summed E-state index contributed by atoms with van der Waals surface area (Å²) < 4.78 is 26.4. The molecule has 0 atom stereocenters. The Morgan fingerprint density at radius 1 is 1.33 bits per heavy atom. The van der Waals surface area contributed by atoms with Crippen molar-refractivity contribution in [2.45, 2.75) is 18.3 Å². The van der Waals surface area contributed by atoms with Gasteiger partial charge in [-0.2, -0.15) is 0 Å². The molecule has 3 rings (SSSR count). The number of benzene rings is 1. The number of hydrogen-bond donors (Lipinski definition) is 2. The van der Waals surface area contributed by atoms with Crippen molar-refractivity contribution in [1.29, 1.82) is 0 Å². The molecule has 94 valence electrons. The molecule has 1 saturated carbocycles. The molecular weight excluding hydrogens is 238 g/mol. The fourth-order valence-corrected chi connectivity index (χ4v) is 2.06. The molecule has 0 saturated heterocycles. The largest absolute Gasteiger partial charge is 0.395 e. The minimum atomic E-state index is -0.626. The highest BCUT2D eigenvalue weighted by atomic mass is 19.1. The summed E-state index contributed by atoms with van der Waals surface area (Å²) in [5, 5.41) is 9.30. The van der Waals surface area contributed by atoms with Crippen molar-refractivity contribution < 1.29 is 13.9 Å². The van der Waals surface area contributed by atoms with Gasteiger partial charge in [-0.1, -0.05) is 0 Å². The van der Waals surface area contributed by atoms with Gasteiger partial charge in [0.15, 0.2) is 0 Å². The number of aromatic amines is 1. The molecule has 0 unspecified atom stereocenters. The summed E-state index contributed by atoms with van der Waals surface area (Å²) in [7, 11) is 0. The van der Waals surface area contributed by atoms with Gasteiger partial charge in [0, 0.05) is 11.6 Å². The first-order valence-corrected chi connectivity index (χ1v) is 5.76. The molecule has 2 aromatic rings. The molecule has 3 nitrogen and oxygen atoms in total. The first kappa shape index (κ1) is 11.3. The Balaban J connectivity index is 1.98. The van der Waals surface area contributed by atoms with Crippen LogP contribution in [0.4, 0.5) is 8.78 Å². The Hall–Kier alpha value is -1.75. The monoisotopic (exact) mass is 250 g/mol. The predicted octanol–water partition coefficient (Wildman–Crippen LogP) is 2.38. The summed E-state index contributed by atoms with van der Waals surface area (Å²) in [6.07, 6.45) is 3.27. The third-order valence-corrected chi connectivity index (χ3v) is 3.46. The smallest absolute Gasteiger partial charge is 0.135 e. The second-order valence-electron chi connectivity index (χ2n) is 4.71. The molecule has 0 bridgehead atoms. The van der Waals surface area contributed by atoms with Crippen LogP contribution in [0.2, 0.25) is 0 Å². The standard InChI is InChI=1S/C13H12F2N2O/c14-8-1-2-9(10(15)5-8)11-6-16-12(17-11)13(7-18)3-4-13/h1-2,5-6,18H,3-4,7H2,(H,16,17). The number of H-pyrrole nitrogens is 1. The normalized spacial score (nSPS) is 16.8. The van der Waals surface area contributed by atoms with Gasteiger partial charge in [-0.15, -0.1) is 0 Å². The first-order valence-electron chi connectivity index (χ1n) is 5.76. The summed E-state index contributed by atoms with van der Waals surface area (Å²) in [4.78, 5) is 7.20. The molecule has 2 N–H and O–H groups in total. The number of halogens is 2. The molecule has 0 radical (unpaired) electrons. The quantitative estimate of drug-likeness (QED) is 0.878. The number of rotatable bonds is 3. The van der Waals surface area contributed by atoms with Crippen LogP contribution in [0.5, 0.6) is 0 Å². The second-order valence-corrected chi connectivity index (χ2v) is 4.71. The van der Waals surface area contributed by atoms with Crippen LogP contribution in [0.3, 0.4) is 0 Å². The van der Waals surface area contributed by atoms with Crippen molar-refractivity contribution in [2.24, 2.45) is 0 Å². The minimum Gasteiger partial charge on any atom is -0.395 e. The Kier molecular flexibility index (Phi) is 2.45. The van der Waals surface area contributed by atoms with Gasteiger partial charge < -0.3 is 10.1 Å². The molecule has 5 heteroatoms. The molecule has 1 fully saturated rings. The SMILES string of the molecule is OCC1(c2ncc(-c3ccc(F)cc3F)[nH]2)CC1. The highest BCUT2D eigenvalue weighted by molar-refractivity contribution is 5.59. The number of aliphatic hydroxyl groups excluding tert-OH is 1. The summed E-state index contributed by atoms with van der Waals surface area (Å²) in [6.45, 7) is 0.0336. The van der Waals surface area contributed by atoms with E-state index in [1.807, 2.05) is 0 Å². The number of aliphatic hydroxyl groups is 1. The molecular formula is C13H12F2N2O. The zero-order valence-corrected chi connectivity index (χ0v) is 9.58. The van der Waals surface area contributed by atoms with E-state index in [1.54, 1.807) is 0 Å². The van der Waals surface area contributed by atoms with Crippen molar-refractivity contribution in [3.63, 3.8) is 0 Å². The average molecular weight is 250 g/mol. The third-order valence-electron chi connectivity index (χ3n) is 3.46. The first-order chi connectivity index (χ1) is 8.64. The van der Waals surface area contributed by atoms with Crippen LogP contribution >= 0.6 is 0 Å². The predicted molar refractivity (Wildman–Crippen MR) is 61.9 cm³/mol. The molecule has 1 heterocycles. The molecule has 18 heavy (non-hydrogen) atoms. The van der Waals surface area contributed by atoms with Crippen LogP contribution in [-0.4, -0.2) is 21.7 Å². The Morgan fingerprint density at radius 3 is 2.72 bits per heavy atom. The number of nitrogens with zero attached hydrogens (tertiary/aromatic N) is 1. The van der Waals surface area contributed by atoms with E-state index in [1.165, 1.54) is 18.3 Å². The second kappa shape index (κ2) is 3.88. The Morgan fingerprint density at radius 2 is 2.11 bits per heavy atom. The van der Waals surface area contributed by atoms with E-state index in [9.17, 15) is 13.9 Å².